The molecule has 0 aliphatic heterocycles. The lowest BCUT2D eigenvalue weighted by Crippen LogP contribution is -2.36. The Morgan fingerprint density at radius 2 is 2.05 bits per heavy atom. The van der Waals surface area contributed by atoms with Gasteiger partial charge >= 0.3 is 0 Å². The minimum atomic E-state index is -0.234. The van der Waals surface area contributed by atoms with Gasteiger partial charge in [0.05, 0.1) is 5.52 Å². The molecule has 4 heteroatoms. The number of carbonyl (C=O) groups is 1. The Kier molecular flexibility index (Phi) is 4.01. The van der Waals surface area contributed by atoms with Crippen LogP contribution in [0.4, 0.5) is 0 Å². The average molecular weight is 298 g/mol. The molecule has 0 spiro atoms. The van der Waals surface area contributed by atoms with Gasteiger partial charge in [-0.25, -0.2) is 0 Å². The van der Waals surface area contributed by atoms with Crippen molar-refractivity contribution in [3.63, 3.8) is 0 Å². The van der Waals surface area contributed by atoms with Crippen LogP contribution >= 0.6 is 0 Å². The minimum Gasteiger partial charge on any atom is -0.349 e. The topological polar surface area (TPSA) is 51.1 Å². The number of benzene rings is 1. The zero-order valence-corrected chi connectivity index (χ0v) is 13.2. The third-order valence-corrected chi connectivity index (χ3v) is 4.51. The molecule has 0 atom stereocenters. The normalized spacial score (nSPS) is 15.4. The van der Waals surface area contributed by atoms with Gasteiger partial charge in [-0.3, -0.25) is 9.59 Å². The van der Waals surface area contributed by atoms with Crippen molar-refractivity contribution in [2.75, 3.05) is 0 Å². The van der Waals surface area contributed by atoms with Crippen molar-refractivity contribution in [1.82, 2.24) is 9.88 Å². The summed E-state index contributed by atoms with van der Waals surface area (Å²) >= 11 is 0. The minimum absolute atomic E-state index is 0.168. The maximum atomic E-state index is 12.7. The molecule has 1 amide bonds. The molecule has 1 heterocycles. The summed E-state index contributed by atoms with van der Waals surface area (Å²) in [5, 5.41) is 3.64. The molecule has 0 saturated heterocycles. The lowest BCUT2D eigenvalue weighted by molar-refractivity contribution is 0.0936. The van der Waals surface area contributed by atoms with Crippen LogP contribution in [0.3, 0.4) is 0 Å². The lowest BCUT2D eigenvalue weighted by atomic mass is 10.1. The van der Waals surface area contributed by atoms with E-state index in [9.17, 15) is 9.59 Å². The molecule has 4 nitrogen and oxygen atoms in total. The van der Waals surface area contributed by atoms with Crippen molar-refractivity contribution in [3.8, 4) is 0 Å². The van der Waals surface area contributed by atoms with Crippen molar-refractivity contribution in [1.29, 1.82) is 0 Å². The fourth-order valence-electron chi connectivity index (χ4n) is 3.27. The molecule has 2 aromatic rings. The molecule has 22 heavy (non-hydrogen) atoms. The molecule has 1 aromatic carbocycles. The maximum Gasteiger partial charge on any atom is 0.256 e. The van der Waals surface area contributed by atoms with Gasteiger partial charge in [0.25, 0.3) is 5.91 Å². The van der Waals surface area contributed by atoms with Crippen LogP contribution in [0, 0.1) is 6.92 Å². The highest BCUT2D eigenvalue weighted by Crippen LogP contribution is 2.18. The second kappa shape index (κ2) is 5.95. The molecule has 1 aromatic heterocycles. The predicted molar refractivity (Wildman–Crippen MR) is 88.3 cm³/mol. The summed E-state index contributed by atoms with van der Waals surface area (Å²) in [6, 6.07) is 6.03. The Morgan fingerprint density at radius 1 is 1.32 bits per heavy atom. The number of nitrogens with zero attached hydrogens (tertiary/aromatic N) is 1. The highest BCUT2D eigenvalue weighted by atomic mass is 16.2. The fraction of sp³-hybridized carbons (Fsp3) is 0.444. The van der Waals surface area contributed by atoms with Crippen LogP contribution in [-0.2, 0) is 6.54 Å². The van der Waals surface area contributed by atoms with Gasteiger partial charge in [-0.05, 0) is 38.8 Å². The Balaban J connectivity index is 2.07. The number of hydrogen-bond donors (Lipinski definition) is 1. The summed E-state index contributed by atoms with van der Waals surface area (Å²) in [7, 11) is 0. The number of carbonyl (C=O) groups excluding carboxylic acids is 1. The predicted octanol–water partition coefficient (Wildman–Crippen LogP) is 3.00. The van der Waals surface area contributed by atoms with E-state index in [-0.39, 0.29) is 22.9 Å². The van der Waals surface area contributed by atoms with Gasteiger partial charge in [-0.1, -0.05) is 24.5 Å². The molecule has 1 N–H and O–H groups in total. The van der Waals surface area contributed by atoms with E-state index in [2.05, 4.69) is 5.32 Å². The van der Waals surface area contributed by atoms with Gasteiger partial charge in [-0.15, -0.1) is 0 Å². The first-order valence-corrected chi connectivity index (χ1v) is 8.05. The summed E-state index contributed by atoms with van der Waals surface area (Å²) in [5.41, 5.74) is 2.00. The number of rotatable bonds is 3. The highest BCUT2D eigenvalue weighted by Gasteiger charge is 2.21. The molecule has 0 radical (unpaired) electrons. The first-order valence-electron chi connectivity index (χ1n) is 8.05. The van der Waals surface area contributed by atoms with Crippen molar-refractivity contribution >= 4 is 16.8 Å². The van der Waals surface area contributed by atoms with E-state index in [1.165, 1.54) is 0 Å². The van der Waals surface area contributed by atoms with Gasteiger partial charge in [0, 0.05) is 24.2 Å². The van der Waals surface area contributed by atoms with E-state index in [4.69, 9.17) is 0 Å². The van der Waals surface area contributed by atoms with E-state index in [1.54, 1.807) is 6.20 Å². The van der Waals surface area contributed by atoms with Crippen LogP contribution in [0.15, 0.2) is 29.2 Å². The molecule has 1 aliphatic rings. The Labute approximate surface area is 130 Å². The Hall–Kier alpha value is -2.10. The summed E-state index contributed by atoms with van der Waals surface area (Å²) in [5.74, 6) is -0.234. The zero-order chi connectivity index (χ0) is 15.7. The Morgan fingerprint density at radius 3 is 2.73 bits per heavy atom. The lowest BCUT2D eigenvalue weighted by Gasteiger charge is -2.15. The van der Waals surface area contributed by atoms with Crippen LogP contribution in [0.25, 0.3) is 10.9 Å². The van der Waals surface area contributed by atoms with E-state index in [0.717, 1.165) is 43.3 Å². The molecular weight excluding hydrogens is 276 g/mol. The zero-order valence-electron chi connectivity index (χ0n) is 13.2. The number of hydrogen-bond acceptors (Lipinski definition) is 2. The quantitative estimate of drug-likeness (QED) is 0.947. The smallest absolute Gasteiger partial charge is 0.256 e. The summed E-state index contributed by atoms with van der Waals surface area (Å²) < 4.78 is 1.97. The van der Waals surface area contributed by atoms with Gasteiger partial charge in [0.2, 0.25) is 5.43 Å². The van der Waals surface area contributed by atoms with Gasteiger partial charge in [0.15, 0.2) is 0 Å². The average Bonchev–Trinajstić information content (AvgIpc) is 3.01. The fourth-order valence-corrected chi connectivity index (χ4v) is 3.27. The van der Waals surface area contributed by atoms with Crippen molar-refractivity contribution in [2.45, 2.75) is 52.1 Å². The number of amides is 1. The van der Waals surface area contributed by atoms with Crippen LogP contribution in [0.5, 0.6) is 0 Å². The van der Waals surface area contributed by atoms with E-state index in [0.29, 0.717) is 5.39 Å². The number of pyridine rings is 1. The molecule has 0 bridgehead atoms. The molecule has 116 valence electrons. The van der Waals surface area contributed by atoms with Crippen LogP contribution in [0.1, 0.15) is 48.5 Å². The van der Waals surface area contributed by atoms with Gasteiger partial charge < -0.3 is 9.88 Å². The second-order valence-electron chi connectivity index (χ2n) is 6.13. The van der Waals surface area contributed by atoms with Crippen molar-refractivity contribution in [2.24, 2.45) is 0 Å². The standard InChI is InChI=1S/C18H22N2O2/c1-3-20-11-15(18(22)19-13-6-4-5-7-13)17(21)14-10-12(2)8-9-16(14)20/h8-11,13H,3-7H2,1-2H3,(H,19,22). The van der Waals surface area contributed by atoms with Crippen molar-refractivity contribution < 1.29 is 4.79 Å². The van der Waals surface area contributed by atoms with E-state index in [1.807, 2.05) is 36.6 Å². The first-order chi connectivity index (χ1) is 10.6. The van der Waals surface area contributed by atoms with Gasteiger partial charge in [0.1, 0.15) is 5.56 Å². The molecule has 1 saturated carbocycles. The summed E-state index contributed by atoms with van der Waals surface area (Å²) in [4.78, 5) is 25.2. The summed E-state index contributed by atoms with van der Waals surface area (Å²) in [6.07, 6.45) is 6.03. The molecule has 0 unspecified atom stereocenters. The largest absolute Gasteiger partial charge is 0.349 e. The summed E-state index contributed by atoms with van der Waals surface area (Å²) in [6.45, 7) is 4.70. The van der Waals surface area contributed by atoms with Crippen molar-refractivity contribution in [3.05, 3.63) is 45.7 Å². The molecule has 1 fully saturated rings. The molecule has 3 rings (SSSR count). The number of aryl methyl sites for hydroxylation is 2. The van der Waals surface area contributed by atoms with Gasteiger partial charge in [-0.2, -0.15) is 0 Å². The highest BCUT2D eigenvalue weighted by molar-refractivity contribution is 5.97. The monoisotopic (exact) mass is 298 g/mol. The Bertz CT molecular complexity index is 770. The molecule has 1 aliphatic carbocycles. The third kappa shape index (κ3) is 2.65. The van der Waals surface area contributed by atoms with E-state index < -0.39 is 0 Å². The van der Waals surface area contributed by atoms with Crippen LogP contribution in [0.2, 0.25) is 0 Å². The second-order valence-corrected chi connectivity index (χ2v) is 6.13. The SMILES string of the molecule is CCn1cc(C(=O)NC2CCCC2)c(=O)c2cc(C)ccc21. The number of aromatic nitrogens is 1. The van der Waals surface area contributed by atoms with Crippen LogP contribution in [-0.4, -0.2) is 16.5 Å². The van der Waals surface area contributed by atoms with E-state index >= 15 is 0 Å². The number of nitrogens with one attached hydrogen (secondary N) is 1. The number of fused-ring (bicyclic) bond motifs is 1. The first kappa shape index (κ1) is 14.8. The van der Waals surface area contributed by atoms with Crippen LogP contribution < -0.4 is 10.7 Å². The third-order valence-electron chi connectivity index (χ3n) is 4.51. The molecular formula is C18H22N2O2. The maximum absolute atomic E-state index is 12.7.